The predicted octanol–water partition coefficient (Wildman–Crippen LogP) is 17.9. The number of anilines is 6. The predicted molar refractivity (Wildman–Crippen MR) is 269 cm³/mol. The van der Waals surface area contributed by atoms with Crippen LogP contribution in [0.15, 0.2) is 215 Å². The Morgan fingerprint density at radius 2 is 0.682 bits per heavy atom. The molecule has 6 heteroatoms. The lowest BCUT2D eigenvalue weighted by molar-refractivity contribution is 0.639. The van der Waals surface area contributed by atoms with E-state index in [0.29, 0.717) is 44.1 Å². The van der Waals surface area contributed by atoms with Crippen LogP contribution in [-0.2, 0) is 0 Å². The summed E-state index contributed by atoms with van der Waals surface area (Å²) in [6.45, 7) is 0. The number of halogens is 2. The molecule has 0 N–H and O–H groups in total. The van der Waals surface area contributed by atoms with E-state index in [9.17, 15) is 0 Å². The fraction of sp³-hybridized carbons (Fsp3) is 0. The SMILES string of the molecule is Fc1cc(N(c2ccccc2)c2cccc3c2oc2ccc4ccccc4c23)c2ccc3c(F)cc(N(c4ccccc4)c4cccc5c4oc4ccc6ccccc6c45)c4ccc1c2c34. The monoisotopic (exact) mass is 852 g/mol. The van der Waals surface area contributed by atoms with Crippen molar-refractivity contribution in [2.24, 2.45) is 0 Å². The van der Waals surface area contributed by atoms with E-state index in [1.54, 1.807) is 12.1 Å². The standard InChI is InChI=1S/C60H34F2N2O2/c61-47-33-51(63(37-15-3-1-4-16-37)49-23-11-21-45-55-39-19-9-7-13-35(39)25-31-53(55)65-59(45)49)43-29-27-42-48(62)34-52(44-30-28-41(47)57(43)58(42)44)64(38-17-5-2-6-18-38)50-24-12-22-46-56-40-20-10-8-14-36(40)26-32-54(56)66-60(46)50/h1-34H. The van der Waals surface area contributed by atoms with Crippen LogP contribution in [-0.4, -0.2) is 0 Å². The van der Waals surface area contributed by atoms with Crippen LogP contribution in [0.3, 0.4) is 0 Å². The van der Waals surface area contributed by atoms with Crippen LogP contribution in [0.1, 0.15) is 0 Å². The third-order valence-electron chi connectivity index (χ3n) is 13.5. The van der Waals surface area contributed by atoms with Crippen molar-refractivity contribution in [1.29, 1.82) is 0 Å². The first-order chi connectivity index (χ1) is 32.6. The number of para-hydroxylation sites is 4. The zero-order valence-corrected chi connectivity index (χ0v) is 35.1. The smallest absolute Gasteiger partial charge is 0.159 e. The van der Waals surface area contributed by atoms with Crippen molar-refractivity contribution in [1.82, 2.24) is 0 Å². The average Bonchev–Trinajstić information content (AvgIpc) is 3.96. The Balaban J connectivity index is 1.05. The molecule has 2 heterocycles. The molecule has 0 atom stereocenters. The molecule has 0 bridgehead atoms. The molecule has 0 aliphatic heterocycles. The van der Waals surface area contributed by atoms with Crippen LogP contribution in [0.5, 0.6) is 0 Å². The Bertz CT molecular complexity index is 4000. The highest BCUT2D eigenvalue weighted by Crippen LogP contribution is 2.52. The van der Waals surface area contributed by atoms with Crippen LogP contribution in [0.25, 0.3) is 97.7 Å². The molecule has 0 aliphatic carbocycles. The van der Waals surface area contributed by atoms with Crippen molar-refractivity contribution in [3.05, 3.63) is 218 Å². The van der Waals surface area contributed by atoms with Crippen LogP contribution in [0.2, 0.25) is 0 Å². The van der Waals surface area contributed by atoms with Gasteiger partial charge in [0.2, 0.25) is 0 Å². The van der Waals surface area contributed by atoms with E-state index in [2.05, 4.69) is 58.3 Å². The molecular weight excluding hydrogens is 819 g/mol. The van der Waals surface area contributed by atoms with Crippen molar-refractivity contribution < 1.29 is 17.6 Å². The highest BCUT2D eigenvalue weighted by atomic mass is 19.1. The Morgan fingerprint density at radius 1 is 0.288 bits per heavy atom. The first kappa shape index (κ1) is 36.7. The molecule has 0 saturated carbocycles. The number of hydrogen-bond donors (Lipinski definition) is 0. The summed E-state index contributed by atoms with van der Waals surface area (Å²) in [5, 5.41) is 12.0. The van der Waals surface area contributed by atoms with Crippen molar-refractivity contribution >= 4 is 132 Å². The molecule has 0 spiro atoms. The summed E-state index contributed by atoms with van der Waals surface area (Å²) in [7, 11) is 0. The van der Waals surface area contributed by atoms with Gasteiger partial charge >= 0.3 is 0 Å². The summed E-state index contributed by atoms with van der Waals surface area (Å²) in [4.78, 5) is 4.14. The van der Waals surface area contributed by atoms with E-state index in [0.717, 1.165) is 87.8 Å². The normalized spacial score (nSPS) is 12.1. The summed E-state index contributed by atoms with van der Waals surface area (Å²) in [5.41, 5.74) is 7.23. The van der Waals surface area contributed by atoms with Gasteiger partial charge in [0.1, 0.15) is 22.8 Å². The minimum atomic E-state index is -0.416. The van der Waals surface area contributed by atoms with Crippen molar-refractivity contribution in [3.8, 4) is 0 Å². The van der Waals surface area contributed by atoms with Gasteiger partial charge in [0, 0.05) is 65.2 Å². The van der Waals surface area contributed by atoms with Gasteiger partial charge in [-0.05, 0) is 82.2 Å². The lowest BCUT2D eigenvalue weighted by Gasteiger charge is -2.29. The van der Waals surface area contributed by atoms with Crippen LogP contribution in [0.4, 0.5) is 42.9 Å². The fourth-order valence-corrected chi connectivity index (χ4v) is 10.7. The molecule has 0 unspecified atom stereocenters. The van der Waals surface area contributed by atoms with E-state index in [4.69, 9.17) is 8.83 Å². The molecule has 0 radical (unpaired) electrons. The Morgan fingerprint density at radius 3 is 1.14 bits per heavy atom. The quantitative estimate of drug-likeness (QED) is 0.156. The van der Waals surface area contributed by atoms with Gasteiger partial charge in [0.05, 0.1) is 22.7 Å². The minimum absolute atomic E-state index is 0.405. The molecule has 2 aromatic heterocycles. The summed E-state index contributed by atoms with van der Waals surface area (Å²) >= 11 is 0. The summed E-state index contributed by atoms with van der Waals surface area (Å²) < 4.78 is 48.1. The molecule has 66 heavy (non-hydrogen) atoms. The first-order valence-electron chi connectivity index (χ1n) is 22.0. The number of fused-ring (bicyclic) bond motifs is 10. The molecular formula is C60H34F2N2O2. The molecule has 0 fully saturated rings. The van der Waals surface area contributed by atoms with Crippen molar-refractivity contribution in [2.45, 2.75) is 0 Å². The molecule has 12 aromatic carbocycles. The van der Waals surface area contributed by atoms with Gasteiger partial charge in [-0.15, -0.1) is 0 Å². The van der Waals surface area contributed by atoms with E-state index in [-0.39, 0.29) is 0 Å². The summed E-state index contributed by atoms with van der Waals surface area (Å²) in [6.07, 6.45) is 0. The van der Waals surface area contributed by atoms with Gasteiger partial charge in [-0.2, -0.15) is 0 Å². The zero-order chi connectivity index (χ0) is 43.6. The summed E-state index contributed by atoms with van der Waals surface area (Å²) in [5.74, 6) is -0.832. The van der Waals surface area contributed by atoms with Crippen LogP contribution in [0, 0.1) is 11.6 Å². The molecule has 0 aliphatic rings. The second kappa shape index (κ2) is 13.9. The third kappa shape index (κ3) is 5.18. The number of hydrogen-bond acceptors (Lipinski definition) is 4. The largest absolute Gasteiger partial charge is 0.454 e. The molecule has 0 amide bonds. The highest BCUT2D eigenvalue weighted by Gasteiger charge is 2.28. The summed E-state index contributed by atoms with van der Waals surface area (Å²) in [6, 6.07) is 67.7. The van der Waals surface area contributed by atoms with E-state index in [1.807, 2.05) is 146 Å². The Labute approximate surface area is 375 Å². The maximum Gasteiger partial charge on any atom is 0.159 e. The highest BCUT2D eigenvalue weighted by molar-refractivity contribution is 6.29. The minimum Gasteiger partial charge on any atom is -0.454 e. The topological polar surface area (TPSA) is 32.8 Å². The first-order valence-corrected chi connectivity index (χ1v) is 22.0. The van der Waals surface area contributed by atoms with Gasteiger partial charge < -0.3 is 18.6 Å². The van der Waals surface area contributed by atoms with Crippen LogP contribution >= 0.6 is 0 Å². The second-order valence-corrected chi connectivity index (χ2v) is 17.0. The zero-order valence-electron chi connectivity index (χ0n) is 35.1. The molecule has 14 rings (SSSR count). The lowest BCUT2D eigenvalue weighted by Crippen LogP contribution is -2.12. The Hall–Kier alpha value is -8.74. The molecule has 14 aromatic rings. The Kier molecular flexibility index (Phi) is 7.72. The number of benzene rings is 12. The maximum absolute atomic E-state index is 17.2. The average molecular weight is 853 g/mol. The number of nitrogens with zero attached hydrogens (tertiary/aromatic N) is 2. The van der Waals surface area contributed by atoms with Crippen molar-refractivity contribution in [3.63, 3.8) is 0 Å². The van der Waals surface area contributed by atoms with Gasteiger partial charge in [0.15, 0.2) is 11.2 Å². The third-order valence-corrected chi connectivity index (χ3v) is 13.5. The molecule has 4 nitrogen and oxygen atoms in total. The van der Waals surface area contributed by atoms with Gasteiger partial charge in [-0.25, -0.2) is 8.78 Å². The van der Waals surface area contributed by atoms with Gasteiger partial charge in [0.25, 0.3) is 0 Å². The van der Waals surface area contributed by atoms with Gasteiger partial charge in [-0.3, -0.25) is 0 Å². The number of furan rings is 2. The molecule has 310 valence electrons. The lowest BCUT2D eigenvalue weighted by atomic mass is 9.91. The maximum atomic E-state index is 17.2. The van der Waals surface area contributed by atoms with Gasteiger partial charge in [-0.1, -0.05) is 146 Å². The number of rotatable bonds is 6. The fourth-order valence-electron chi connectivity index (χ4n) is 10.7. The van der Waals surface area contributed by atoms with E-state index >= 15 is 8.78 Å². The van der Waals surface area contributed by atoms with Crippen molar-refractivity contribution in [2.75, 3.05) is 9.80 Å². The van der Waals surface area contributed by atoms with E-state index < -0.39 is 11.6 Å². The molecule has 0 saturated heterocycles. The van der Waals surface area contributed by atoms with E-state index in [1.165, 1.54) is 0 Å². The second-order valence-electron chi connectivity index (χ2n) is 17.0. The van der Waals surface area contributed by atoms with Crippen LogP contribution < -0.4 is 9.80 Å².